The number of nitrogens with zero attached hydrogens (tertiary/aromatic N) is 1. The van der Waals surface area contributed by atoms with Crippen LogP contribution in [-0.4, -0.2) is 49.0 Å². The van der Waals surface area contributed by atoms with Crippen molar-refractivity contribution < 1.29 is 17.9 Å². The molecule has 0 spiro atoms. The minimum absolute atomic E-state index is 0.00799. The second-order valence-corrected chi connectivity index (χ2v) is 4.78. The maximum atomic E-state index is 13.0. The largest absolute Gasteiger partial charge is 0.404 e. The van der Waals surface area contributed by atoms with Crippen molar-refractivity contribution in [3.05, 3.63) is 0 Å². The zero-order chi connectivity index (χ0) is 12.5. The monoisotopic (exact) mass is 252 g/mol. The summed E-state index contributed by atoms with van der Waals surface area (Å²) >= 11 is 0. The van der Waals surface area contributed by atoms with Gasteiger partial charge in [-0.3, -0.25) is 4.90 Å². The number of fused-ring (bicyclic) bond motifs is 1. The Bertz CT molecular complexity index is 260. The predicted molar refractivity (Wildman–Crippen MR) is 57.6 cm³/mol. The smallest absolute Gasteiger partial charge is 0.375 e. The van der Waals surface area contributed by atoms with Crippen molar-refractivity contribution in [1.82, 2.24) is 4.90 Å². The van der Waals surface area contributed by atoms with E-state index in [1.807, 2.05) is 0 Å². The molecule has 3 atom stereocenters. The number of hydrogen-bond donors (Lipinski definition) is 1. The highest BCUT2D eigenvalue weighted by Gasteiger charge is 2.48. The average molecular weight is 252 g/mol. The van der Waals surface area contributed by atoms with Crippen molar-refractivity contribution in [2.24, 2.45) is 5.73 Å². The van der Waals surface area contributed by atoms with E-state index in [-0.39, 0.29) is 25.1 Å². The molecule has 2 rings (SSSR count). The molecule has 3 nitrogen and oxygen atoms in total. The van der Waals surface area contributed by atoms with Crippen LogP contribution >= 0.6 is 0 Å². The van der Waals surface area contributed by atoms with Crippen molar-refractivity contribution in [2.75, 3.05) is 19.7 Å². The molecule has 100 valence electrons. The van der Waals surface area contributed by atoms with E-state index >= 15 is 0 Å². The van der Waals surface area contributed by atoms with Crippen LogP contribution in [0.4, 0.5) is 13.2 Å². The third kappa shape index (κ3) is 2.74. The highest BCUT2D eigenvalue weighted by Crippen LogP contribution is 2.36. The summed E-state index contributed by atoms with van der Waals surface area (Å²) in [5.74, 6) is 0. The van der Waals surface area contributed by atoms with Crippen LogP contribution in [0.2, 0.25) is 0 Å². The van der Waals surface area contributed by atoms with Gasteiger partial charge in [0.05, 0.1) is 12.7 Å². The van der Waals surface area contributed by atoms with Gasteiger partial charge in [0.15, 0.2) is 0 Å². The molecule has 0 aromatic heterocycles. The molecule has 2 aliphatic rings. The van der Waals surface area contributed by atoms with E-state index in [4.69, 9.17) is 10.5 Å². The fourth-order valence-corrected chi connectivity index (χ4v) is 3.02. The van der Waals surface area contributed by atoms with Gasteiger partial charge < -0.3 is 10.5 Å². The van der Waals surface area contributed by atoms with Gasteiger partial charge in [-0.2, -0.15) is 13.2 Å². The van der Waals surface area contributed by atoms with E-state index in [0.717, 1.165) is 19.3 Å². The molecule has 6 heteroatoms. The second-order valence-electron chi connectivity index (χ2n) is 4.78. The Hall–Kier alpha value is -0.330. The summed E-state index contributed by atoms with van der Waals surface area (Å²) in [7, 11) is 0. The van der Waals surface area contributed by atoms with E-state index in [9.17, 15) is 13.2 Å². The molecule has 1 saturated carbocycles. The Balaban J connectivity index is 2.11. The summed E-state index contributed by atoms with van der Waals surface area (Å²) in [6.07, 6.45) is -1.57. The SMILES string of the molecule is NCCC(N1CCOC2CCCC21)C(F)(F)F. The van der Waals surface area contributed by atoms with Crippen LogP contribution in [0, 0.1) is 0 Å². The molecule has 2 N–H and O–H groups in total. The number of halogens is 3. The summed E-state index contributed by atoms with van der Waals surface area (Å²) in [4.78, 5) is 1.58. The van der Waals surface area contributed by atoms with Crippen molar-refractivity contribution in [3.63, 3.8) is 0 Å². The van der Waals surface area contributed by atoms with Gasteiger partial charge in [-0.25, -0.2) is 0 Å². The highest BCUT2D eigenvalue weighted by molar-refractivity contribution is 4.94. The van der Waals surface area contributed by atoms with E-state index in [0.29, 0.717) is 13.2 Å². The lowest BCUT2D eigenvalue weighted by molar-refractivity contribution is -0.207. The molecule has 0 bridgehead atoms. The highest BCUT2D eigenvalue weighted by atomic mass is 19.4. The summed E-state index contributed by atoms with van der Waals surface area (Å²) < 4.78 is 44.6. The number of rotatable bonds is 3. The van der Waals surface area contributed by atoms with Crippen LogP contribution in [0.25, 0.3) is 0 Å². The van der Waals surface area contributed by atoms with Gasteiger partial charge in [-0.05, 0) is 32.2 Å². The topological polar surface area (TPSA) is 38.5 Å². The molecule has 0 aromatic carbocycles. The fraction of sp³-hybridized carbons (Fsp3) is 1.00. The van der Waals surface area contributed by atoms with Gasteiger partial charge in [0, 0.05) is 12.6 Å². The van der Waals surface area contributed by atoms with Gasteiger partial charge in [0.1, 0.15) is 6.04 Å². The average Bonchev–Trinajstić information content (AvgIpc) is 2.72. The maximum absolute atomic E-state index is 13.0. The lowest BCUT2D eigenvalue weighted by Gasteiger charge is -2.43. The Morgan fingerprint density at radius 2 is 2.12 bits per heavy atom. The first-order valence-electron chi connectivity index (χ1n) is 6.18. The molecule has 3 unspecified atom stereocenters. The molecule has 0 aromatic rings. The first-order chi connectivity index (χ1) is 8.04. The maximum Gasteiger partial charge on any atom is 0.404 e. The molecule has 1 aliphatic carbocycles. The zero-order valence-corrected chi connectivity index (χ0v) is 9.75. The first kappa shape index (κ1) is 13.1. The van der Waals surface area contributed by atoms with Crippen LogP contribution < -0.4 is 5.73 Å². The Labute approximate surface area is 99.1 Å². The molecule has 17 heavy (non-hydrogen) atoms. The van der Waals surface area contributed by atoms with Crippen LogP contribution in [-0.2, 0) is 4.74 Å². The van der Waals surface area contributed by atoms with Crippen LogP contribution in [0.3, 0.4) is 0 Å². The summed E-state index contributed by atoms with van der Waals surface area (Å²) in [6, 6.07) is -1.47. The molecular weight excluding hydrogens is 233 g/mol. The Morgan fingerprint density at radius 3 is 2.76 bits per heavy atom. The summed E-state index contributed by atoms with van der Waals surface area (Å²) in [5.41, 5.74) is 5.31. The quantitative estimate of drug-likeness (QED) is 0.827. The van der Waals surface area contributed by atoms with Crippen molar-refractivity contribution >= 4 is 0 Å². The third-order valence-electron chi connectivity index (χ3n) is 3.74. The molecule has 1 saturated heterocycles. The summed E-state index contributed by atoms with van der Waals surface area (Å²) in [5, 5.41) is 0. The van der Waals surface area contributed by atoms with Gasteiger partial charge in [0.25, 0.3) is 0 Å². The number of morpholine rings is 1. The van der Waals surface area contributed by atoms with Gasteiger partial charge >= 0.3 is 6.18 Å². The van der Waals surface area contributed by atoms with Crippen molar-refractivity contribution in [2.45, 2.75) is 50.0 Å². The Morgan fingerprint density at radius 1 is 1.35 bits per heavy atom. The standard InChI is InChI=1S/C11H19F3N2O/c12-11(13,14)10(4-5-15)16-6-7-17-9-3-1-2-8(9)16/h8-10H,1-7,15H2. The predicted octanol–water partition coefficient (Wildman–Crippen LogP) is 1.52. The van der Waals surface area contributed by atoms with Gasteiger partial charge in [-0.1, -0.05) is 0 Å². The lowest BCUT2D eigenvalue weighted by Crippen LogP contribution is -2.57. The minimum atomic E-state index is -4.19. The minimum Gasteiger partial charge on any atom is -0.375 e. The molecule has 1 aliphatic heterocycles. The van der Waals surface area contributed by atoms with Gasteiger partial charge in [0.2, 0.25) is 0 Å². The lowest BCUT2D eigenvalue weighted by atomic mass is 10.0. The number of alkyl halides is 3. The zero-order valence-electron chi connectivity index (χ0n) is 9.75. The Kier molecular flexibility index (Phi) is 3.95. The third-order valence-corrected chi connectivity index (χ3v) is 3.74. The van der Waals surface area contributed by atoms with Crippen molar-refractivity contribution in [3.8, 4) is 0 Å². The molecule has 1 heterocycles. The van der Waals surface area contributed by atoms with Crippen LogP contribution in [0.5, 0.6) is 0 Å². The van der Waals surface area contributed by atoms with E-state index in [1.54, 1.807) is 4.90 Å². The van der Waals surface area contributed by atoms with E-state index in [2.05, 4.69) is 0 Å². The second kappa shape index (κ2) is 5.12. The number of hydrogen-bond acceptors (Lipinski definition) is 3. The van der Waals surface area contributed by atoms with Crippen LogP contribution in [0.15, 0.2) is 0 Å². The van der Waals surface area contributed by atoms with Gasteiger partial charge in [-0.15, -0.1) is 0 Å². The van der Waals surface area contributed by atoms with E-state index < -0.39 is 12.2 Å². The first-order valence-corrected chi connectivity index (χ1v) is 6.18. The normalized spacial score (nSPS) is 32.5. The molecule has 0 radical (unpaired) electrons. The molecular formula is C11H19F3N2O. The van der Waals surface area contributed by atoms with Crippen molar-refractivity contribution in [1.29, 1.82) is 0 Å². The van der Waals surface area contributed by atoms with Crippen LogP contribution in [0.1, 0.15) is 25.7 Å². The molecule has 2 fully saturated rings. The van der Waals surface area contributed by atoms with E-state index in [1.165, 1.54) is 0 Å². The molecule has 0 amide bonds. The fourth-order valence-electron chi connectivity index (χ4n) is 3.02. The number of nitrogens with two attached hydrogens (primary N) is 1. The number of ether oxygens (including phenoxy) is 1. The summed E-state index contributed by atoms with van der Waals surface area (Å²) in [6.45, 7) is 0.836.